The lowest BCUT2D eigenvalue weighted by Crippen LogP contribution is -2.43. The molecule has 3 aromatic rings. The molecule has 8 nitrogen and oxygen atoms in total. The Bertz CT molecular complexity index is 1180. The molecule has 29 heavy (non-hydrogen) atoms. The first-order valence-electron chi connectivity index (χ1n) is 9.45. The summed E-state index contributed by atoms with van der Waals surface area (Å²) in [7, 11) is 3.02. The molecule has 0 radical (unpaired) electrons. The largest absolute Gasteiger partial charge is 0.368 e. The van der Waals surface area contributed by atoms with Crippen LogP contribution in [0.5, 0.6) is 0 Å². The number of pyridine rings is 1. The molecular weight excluding hydrogens is 372 g/mol. The summed E-state index contributed by atoms with van der Waals surface area (Å²) >= 11 is 0. The van der Waals surface area contributed by atoms with Crippen LogP contribution < -0.4 is 11.2 Å². The van der Waals surface area contributed by atoms with E-state index >= 15 is 0 Å². The number of fused-ring (bicyclic) bond motifs is 1. The normalized spacial score (nSPS) is 16.9. The van der Waals surface area contributed by atoms with E-state index in [4.69, 9.17) is 4.74 Å². The highest BCUT2D eigenvalue weighted by molar-refractivity contribution is 5.79. The second kappa shape index (κ2) is 7.63. The third-order valence-corrected chi connectivity index (χ3v) is 5.27. The summed E-state index contributed by atoms with van der Waals surface area (Å²) in [5, 5.41) is 0.367. The van der Waals surface area contributed by atoms with Gasteiger partial charge in [0.05, 0.1) is 30.7 Å². The molecular formula is C21H22N4O4. The van der Waals surface area contributed by atoms with Gasteiger partial charge in [-0.25, -0.2) is 9.78 Å². The number of hydrogen-bond donors (Lipinski definition) is 0. The highest BCUT2D eigenvalue weighted by Crippen LogP contribution is 2.22. The predicted octanol–water partition coefficient (Wildman–Crippen LogP) is 0.775. The Morgan fingerprint density at radius 1 is 1.10 bits per heavy atom. The van der Waals surface area contributed by atoms with Gasteiger partial charge < -0.3 is 9.64 Å². The fraction of sp³-hybridized carbons (Fsp3) is 0.333. The van der Waals surface area contributed by atoms with Crippen LogP contribution in [0.2, 0.25) is 0 Å². The molecule has 1 saturated heterocycles. The van der Waals surface area contributed by atoms with Crippen molar-refractivity contribution in [2.75, 3.05) is 19.7 Å². The van der Waals surface area contributed by atoms with Gasteiger partial charge in [0, 0.05) is 20.6 Å². The van der Waals surface area contributed by atoms with Crippen LogP contribution in [0.15, 0.2) is 52.1 Å². The quantitative estimate of drug-likeness (QED) is 0.655. The standard InChI is InChI=1S/C21H22N4O4/c1-23-19-15(20(27)24(2)21(23)28)8-9-16(22-19)17-13-25(10-11-29-17)18(26)12-14-6-4-3-5-7-14/h3-9,17H,10-13H2,1-2H3. The van der Waals surface area contributed by atoms with Crippen molar-refractivity contribution in [3.63, 3.8) is 0 Å². The van der Waals surface area contributed by atoms with E-state index in [0.29, 0.717) is 42.8 Å². The molecule has 0 spiro atoms. The molecule has 4 rings (SSSR count). The van der Waals surface area contributed by atoms with Crippen molar-refractivity contribution >= 4 is 16.9 Å². The molecule has 1 unspecified atom stereocenters. The highest BCUT2D eigenvalue weighted by atomic mass is 16.5. The number of carbonyl (C=O) groups is 1. The fourth-order valence-corrected chi connectivity index (χ4v) is 3.59. The van der Waals surface area contributed by atoms with E-state index in [-0.39, 0.29) is 11.5 Å². The molecule has 2 aromatic heterocycles. The first-order chi connectivity index (χ1) is 14.0. The number of benzene rings is 1. The Morgan fingerprint density at radius 3 is 2.62 bits per heavy atom. The summed E-state index contributed by atoms with van der Waals surface area (Å²) in [5.41, 5.74) is 1.06. The summed E-state index contributed by atoms with van der Waals surface area (Å²) < 4.78 is 8.25. The van der Waals surface area contributed by atoms with Crippen molar-refractivity contribution in [3.05, 3.63) is 74.6 Å². The molecule has 8 heteroatoms. The van der Waals surface area contributed by atoms with E-state index in [9.17, 15) is 14.4 Å². The molecule has 3 heterocycles. The minimum absolute atomic E-state index is 0.0339. The van der Waals surface area contributed by atoms with Crippen molar-refractivity contribution in [2.45, 2.75) is 12.5 Å². The summed E-state index contributed by atoms with van der Waals surface area (Å²) in [4.78, 5) is 43.5. The Morgan fingerprint density at radius 2 is 1.86 bits per heavy atom. The average molecular weight is 394 g/mol. The minimum atomic E-state index is -0.434. The lowest BCUT2D eigenvalue weighted by molar-refractivity contribution is -0.138. The van der Waals surface area contributed by atoms with Crippen molar-refractivity contribution in [3.8, 4) is 0 Å². The molecule has 1 aromatic carbocycles. The van der Waals surface area contributed by atoms with Gasteiger partial charge in [0.1, 0.15) is 11.8 Å². The number of nitrogens with zero attached hydrogens (tertiary/aromatic N) is 4. The molecule has 1 amide bonds. The molecule has 1 aliphatic heterocycles. The number of morpholine rings is 1. The molecule has 150 valence electrons. The summed E-state index contributed by atoms with van der Waals surface area (Å²) in [5.74, 6) is 0.0339. The van der Waals surface area contributed by atoms with Gasteiger partial charge in [-0.15, -0.1) is 0 Å². The topological polar surface area (TPSA) is 86.4 Å². The van der Waals surface area contributed by atoms with Gasteiger partial charge in [0.25, 0.3) is 5.56 Å². The summed E-state index contributed by atoms with van der Waals surface area (Å²) in [6.45, 7) is 1.30. The molecule has 0 saturated carbocycles. The van der Waals surface area contributed by atoms with Crippen LogP contribution in [-0.2, 0) is 30.0 Å². The van der Waals surface area contributed by atoms with Crippen molar-refractivity contribution in [1.82, 2.24) is 19.0 Å². The summed E-state index contributed by atoms with van der Waals surface area (Å²) in [6.07, 6.45) is -0.0736. The zero-order valence-electron chi connectivity index (χ0n) is 16.4. The number of rotatable bonds is 3. The van der Waals surface area contributed by atoms with Gasteiger partial charge >= 0.3 is 5.69 Å². The monoisotopic (exact) mass is 394 g/mol. The van der Waals surface area contributed by atoms with Crippen LogP contribution in [0.1, 0.15) is 17.4 Å². The van der Waals surface area contributed by atoms with E-state index in [1.165, 1.54) is 11.6 Å². The van der Waals surface area contributed by atoms with Crippen LogP contribution >= 0.6 is 0 Å². The maximum absolute atomic E-state index is 12.7. The second-order valence-electron chi connectivity index (χ2n) is 7.17. The first kappa shape index (κ1) is 19.1. The van der Waals surface area contributed by atoms with Gasteiger partial charge in [-0.1, -0.05) is 30.3 Å². The Balaban J connectivity index is 1.60. The maximum atomic E-state index is 12.7. The van der Waals surface area contributed by atoms with Crippen LogP contribution in [0, 0.1) is 0 Å². The van der Waals surface area contributed by atoms with Gasteiger partial charge in [-0.05, 0) is 17.7 Å². The minimum Gasteiger partial charge on any atom is -0.368 e. The van der Waals surface area contributed by atoms with Crippen LogP contribution in [0.4, 0.5) is 0 Å². The molecule has 0 aliphatic carbocycles. The number of aromatic nitrogens is 3. The molecule has 0 bridgehead atoms. The molecule has 0 N–H and O–H groups in total. The maximum Gasteiger partial charge on any atom is 0.332 e. The Labute approximate surface area is 167 Å². The number of amides is 1. The molecule has 1 aliphatic rings. The number of aryl methyl sites for hydroxylation is 1. The number of hydrogen-bond acceptors (Lipinski definition) is 5. The fourth-order valence-electron chi connectivity index (χ4n) is 3.59. The third kappa shape index (κ3) is 3.58. The highest BCUT2D eigenvalue weighted by Gasteiger charge is 2.27. The van der Waals surface area contributed by atoms with Gasteiger partial charge in [-0.2, -0.15) is 0 Å². The number of carbonyl (C=O) groups excluding carboxylic acids is 1. The second-order valence-corrected chi connectivity index (χ2v) is 7.17. The first-order valence-corrected chi connectivity index (χ1v) is 9.45. The van der Waals surface area contributed by atoms with Gasteiger partial charge in [0.15, 0.2) is 0 Å². The van der Waals surface area contributed by atoms with Crippen molar-refractivity contribution < 1.29 is 9.53 Å². The van der Waals surface area contributed by atoms with Crippen molar-refractivity contribution in [2.24, 2.45) is 14.1 Å². The van der Waals surface area contributed by atoms with E-state index in [1.807, 2.05) is 30.3 Å². The smallest absolute Gasteiger partial charge is 0.332 e. The lowest BCUT2D eigenvalue weighted by atomic mass is 10.1. The Hall–Kier alpha value is -3.26. The third-order valence-electron chi connectivity index (χ3n) is 5.27. The zero-order valence-corrected chi connectivity index (χ0v) is 16.4. The van der Waals surface area contributed by atoms with Crippen LogP contribution in [-0.4, -0.2) is 44.6 Å². The van der Waals surface area contributed by atoms with E-state index < -0.39 is 11.8 Å². The average Bonchev–Trinajstić information content (AvgIpc) is 2.76. The number of ether oxygens (including phenoxy) is 1. The SMILES string of the molecule is Cn1c(=O)c2ccc(C3CN(C(=O)Cc4ccccc4)CCO3)nc2n(C)c1=O. The molecule has 1 fully saturated rings. The molecule has 1 atom stereocenters. The Kier molecular flexibility index (Phi) is 5.02. The van der Waals surface area contributed by atoms with E-state index in [2.05, 4.69) is 4.98 Å². The van der Waals surface area contributed by atoms with Gasteiger partial charge in [0.2, 0.25) is 5.91 Å². The van der Waals surface area contributed by atoms with Crippen LogP contribution in [0.3, 0.4) is 0 Å². The zero-order chi connectivity index (χ0) is 20.5. The summed E-state index contributed by atoms with van der Waals surface area (Å²) in [6, 6.07) is 13.0. The van der Waals surface area contributed by atoms with E-state index in [1.54, 1.807) is 24.1 Å². The lowest BCUT2D eigenvalue weighted by Gasteiger charge is -2.33. The predicted molar refractivity (Wildman–Crippen MR) is 108 cm³/mol. The van der Waals surface area contributed by atoms with Crippen LogP contribution in [0.25, 0.3) is 11.0 Å². The van der Waals surface area contributed by atoms with Crippen molar-refractivity contribution in [1.29, 1.82) is 0 Å². The van der Waals surface area contributed by atoms with E-state index in [0.717, 1.165) is 10.1 Å². The van der Waals surface area contributed by atoms with Gasteiger partial charge in [-0.3, -0.25) is 18.7 Å².